The third-order valence-corrected chi connectivity index (χ3v) is 3.50. The molecular weight excluding hydrogens is 232 g/mol. The van der Waals surface area contributed by atoms with Crippen LogP contribution in [-0.2, 0) is 10.8 Å². The van der Waals surface area contributed by atoms with Crippen LogP contribution in [0, 0.1) is 11.3 Å². The summed E-state index contributed by atoms with van der Waals surface area (Å²) >= 11 is 0. The molecule has 17 heavy (non-hydrogen) atoms. The number of rotatable bonds is 5. The molecule has 1 N–H and O–H groups in total. The summed E-state index contributed by atoms with van der Waals surface area (Å²) in [5.74, 6) is 0.641. The Bertz CT molecular complexity index is 439. The van der Waals surface area contributed by atoms with Crippen molar-refractivity contribution in [1.29, 1.82) is 5.26 Å². The van der Waals surface area contributed by atoms with E-state index in [0.717, 1.165) is 5.56 Å². The highest BCUT2D eigenvalue weighted by atomic mass is 32.2. The van der Waals surface area contributed by atoms with E-state index in [0.29, 0.717) is 11.3 Å². The predicted octanol–water partition coefficient (Wildman–Crippen LogP) is 1.98. The Morgan fingerprint density at radius 1 is 1.47 bits per heavy atom. The second-order valence-electron chi connectivity index (χ2n) is 4.27. The molecular formula is C13H18N2OS. The van der Waals surface area contributed by atoms with Gasteiger partial charge < -0.3 is 5.32 Å². The number of benzene rings is 1. The molecule has 3 nitrogen and oxygen atoms in total. The summed E-state index contributed by atoms with van der Waals surface area (Å²) in [5.41, 5.74) is 1.75. The molecule has 0 saturated carbocycles. The van der Waals surface area contributed by atoms with Gasteiger partial charge in [-0.2, -0.15) is 5.26 Å². The molecule has 4 heteroatoms. The maximum absolute atomic E-state index is 11.1. The monoisotopic (exact) mass is 250 g/mol. The van der Waals surface area contributed by atoms with E-state index in [1.54, 1.807) is 12.3 Å². The highest BCUT2D eigenvalue weighted by Gasteiger charge is 2.10. The summed E-state index contributed by atoms with van der Waals surface area (Å²) < 4.78 is 11.1. The standard InChI is InChI=1S/C13H18N2OS/c1-10(9-17(3)16)15-11(2)13-6-4-5-12(7-13)8-14/h4-7,10-11,15H,9H2,1-3H3. The van der Waals surface area contributed by atoms with E-state index >= 15 is 0 Å². The third-order valence-electron chi connectivity index (χ3n) is 2.53. The van der Waals surface area contributed by atoms with Crippen LogP contribution in [0.1, 0.15) is 31.0 Å². The lowest BCUT2D eigenvalue weighted by atomic mass is 10.1. The third kappa shape index (κ3) is 4.68. The molecule has 0 aliphatic carbocycles. The molecule has 92 valence electrons. The van der Waals surface area contributed by atoms with E-state index in [1.165, 1.54) is 0 Å². The van der Waals surface area contributed by atoms with Gasteiger partial charge in [-0.05, 0) is 31.5 Å². The fourth-order valence-electron chi connectivity index (χ4n) is 1.80. The lowest BCUT2D eigenvalue weighted by molar-refractivity contribution is 0.508. The maximum atomic E-state index is 11.1. The predicted molar refractivity (Wildman–Crippen MR) is 71.1 cm³/mol. The highest BCUT2D eigenvalue weighted by Crippen LogP contribution is 2.14. The summed E-state index contributed by atoms with van der Waals surface area (Å²) in [6.07, 6.45) is 1.71. The normalized spacial score (nSPS) is 15.9. The second kappa shape index (κ2) is 6.53. The van der Waals surface area contributed by atoms with Crippen LogP contribution in [-0.4, -0.2) is 22.3 Å². The fraction of sp³-hybridized carbons (Fsp3) is 0.462. The Morgan fingerprint density at radius 3 is 2.76 bits per heavy atom. The van der Waals surface area contributed by atoms with Crippen LogP contribution in [0.25, 0.3) is 0 Å². The van der Waals surface area contributed by atoms with E-state index in [-0.39, 0.29) is 12.1 Å². The first-order valence-electron chi connectivity index (χ1n) is 5.59. The molecule has 0 fully saturated rings. The van der Waals surface area contributed by atoms with Gasteiger partial charge in [0, 0.05) is 34.9 Å². The molecule has 3 unspecified atom stereocenters. The second-order valence-corrected chi connectivity index (χ2v) is 5.75. The minimum absolute atomic E-state index is 0.154. The zero-order valence-corrected chi connectivity index (χ0v) is 11.3. The summed E-state index contributed by atoms with van der Waals surface area (Å²) in [5, 5.41) is 12.2. The van der Waals surface area contributed by atoms with Gasteiger partial charge >= 0.3 is 0 Å². The van der Waals surface area contributed by atoms with Crippen LogP contribution in [0.2, 0.25) is 0 Å². The topological polar surface area (TPSA) is 52.9 Å². The van der Waals surface area contributed by atoms with Crippen LogP contribution in [0.5, 0.6) is 0 Å². The van der Waals surface area contributed by atoms with Gasteiger partial charge in [0.25, 0.3) is 0 Å². The quantitative estimate of drug-likeness (QED) is 0.869. The lowest BCUT2D eigenvalue weighted by Gasteiger charge is -2.19. The lowest BCUT2D eigenvalue weighted by Crippen LogP contribution is -2.33. The van der Waals surface area contributed by atoms with Crippen molar-refractivity contribution in [3.63, 3.8) is 0 Å². The zero-order valence-electron chi connectivity index (χ0n) is 10.4. The van der Waals surface area contributed by atoms with Crippen molar-refractivity contribution in [3.8, 4) is 6.07 Å². The van der Waals surface area contributed by atoms with Gasteiger partial charge in [-0.1, -0.05) is 12.1 Å². The molecule has 0 heterocycles. The first-order valence-corrected chi connectivity index (χ1v) is 7.31. The van der Waals surface area contributed by atoms with Gasteiger partial charge in [-0.25, -0.2) is 0 Å². The number of hydrogen-bond donors (Lipinski definition) is 1. The average molecular weight is 250 g/mol. The zero-order chi connectivity index (χ0) is 12.8. The number of nitrogens with zero attached hydrogens (tertiary/aromatic N) is 1. The summed E-state index contributed by atoms with van der Waals surface area (Å²) in [4.78, 5) is 0. The van der Waals surface area contributed by atoms with E-state index < -0.39 is 10.8 Å². The van der Waals surface area contributed by atoms with Gasteiger partial charge in [0.05, 0.1) is 11.6 Å². The number of hydrogen-bond acceptors (Lipinski definition) is 3. The van der Waals surface area contributed by atoms with Crippen LogP contribution in [0.3, 0.4) is 0 Å². The van der Waals surface area contributed by atoms with Gasteiger partial charge in [-0.15, -0.1) is 0 Å². The smallest absolute Gasteiger partial charge is 0.0991 e. The van der Waals surface area contributed by atoms with Crippen molar-refractivity contribution in [1.82, 2.24) is 5.32 Å². The molecule has 1 aromatic rings. The minimum atomic E-state index is -0.789. The summed E-state index contributed by atoms with van der Waals surface area (Å²) in [6, 6.07) is 10.0. The molecule has 0 aliphatic rings. The van der Waals surface area contributed by atoms with E-state index in [1.807, 2.05) is 32.0 Å². The fourth-order valence-corrected chi connectivity index (χ4v) is 2.60. The van der Waals surface area contributed by atoms with Gasteiger partial charge in [0.1, 0.15) is 0 Å². The summed E-state index contributed by atoms with van der Waals surface area (Å²) in [6.45, 7) is 4.07. The van der Waals surface area contributed by atoms with Crippen LogP contribution in [0.4, 0.5) is 0 Å². The minimum Gasteiger partial charge on any atom is -0.307 e. The molecule has 0 aromatic heterocycles. The molecule has 1 rings (SSSR count). The Kier molecular flexibility index (Phi) is 5.33. The SMILES string of the molecule is CC(CS(C)=O)NC(C)c1cccc(C#N)c1. The van der Waals surface area contributed by atoms with Crippen LogP contribution in [0.15, 0.2) is 24.3 Å². The first-order chi connectivity index (χ1) is 8.02. The molecule has 0 radical (unpaired) electrons. The van der Waals surface area contributed by atoms with Crippen molar-refractivity contribution in [2.45, 2.75) is 25.9 Å². The molecule has 3 atom stereocenters. The Balaban J connectivity index is 2.66. The molecule has 0 saturated heterocycles. The van der Waals surface area contributed by atoms with Crippen LogP contribution < -0.4 is 5.32 Å². The van der Waals surface area contributed by atoms with Gasteiger partial charge in [0.2, 0.25) is 0 Å². The van der Waals surface area contributed by atoms with Gasteiger partial charge in [0.15, 0.2) is 0 Å². The largest absolute Gasteiger partial charge is 0.307 e. The van der Waals surface area contributed by atoms with Gasteiger partial charge in [-0.3, -0.25) is 4.21 Å². The summed E-state index contributed by atoms with van der Waals surface area (Å²) in [7, 11) is -0.789. The van der Waals surface area contributed by atoms with E-state index in [4.69, 9.17) is 5.26 Å². The van der Waals surface area contributed by atoms with E-state index in [9.17, 15) is 4.21 Å². The maximum Gasteiger partial charge on any atom is 0.0991 e. The van der Waals surface area contributed by atoms with Crippen molar-refractivity contribution in [2.24, 2.45) is 0 Å². The van der Waals surface area contributed by atoms with Crippen molar-refractivity contribution >= 4 is 10.8 Å². The molecule has 0 aliphatic heterocycles. The Morgan fingerprint density at radius 2 is 2.18 bits per heavy atom. The van der Waals surface area contributed by atoms with Crippen molar-refractivity contribution in [3.05, 3.63) is 35.4 Å². The average Bonchev–Trinajstić information content (AvgIpc) is 2.27. The van der Waals surface area contributed by atoms with Crippen LogP contribution >= 0.6 is 0 Å². The molecule has 0 amide bonds. The number of nitriles is 1. The highest BCUT2D eigenvalue weighted by molar-refractivity contribution is 7.84. The van der Waals surface area contributed by atoms with Crippen molar-refractivity contribution in [2.75, 3.05) is 12.0 Å². The number of nitrogens with one attached hydrogen (secondary N) is 1. The van der Waals surface area contributed by atoms with E-state index in [2.05, 4.69) is 11.4 Å². The molecule has 1 aromatic carbocycles. The Hall–Kier alpha value is -1.18. The molecule has 0 spiro atoms. The first kappa shape index (κ1) is 13.9. The van der Waals surface area contributed by atoms with Crippen molar-refractivity contribution < 1.29 is 4.21 Å². The Labute approximate surface area is 105 Å². The molecule has 0 bridgehead atoms.